The van der Waals surface area contributed by atoms with Gasteiger partial charge in [0, 0.05) is 13.0 Å². The Morgan fingerprint density at radius 3 is 3.18 bits per heavy atom. The highest BCUT2D eigenvalue weighted by Gasteiger charge is 2.05. The zero-order valence-corrected chi connectivity index (χ0v) is 7.01. The Balaban J connectivity index is 2.09. The molecule has 3 nitrogen and oxygen atoms in total. The summed E-state index contributed by atoms with van der Waals surface area (Å²) in [7, 11) is 0. The highest BCUT2D eigenvalue weighted by Crippen LogP contribution is 1.99. The Hall–Kier alpha value is -0.730. The van der Waals surface area contributed by atoms with Crippen LogP contribution < -0.4 is 0 Å². The summed E-state index contributed by atoms with van der Waals surface area (Å²) in [6.45, 7) is 4.47. The van der Waals surface area contributed by atoms with Crippen molar-refractivity contribution in [2.24, 2.45) is 4.99 Å². The molecule has 11 heavy (non-hydrogen) atoms. The summed E-state index contributed by atoms with van der Waals surface area (Å²) in [6.07, 6.45) is 3.72. The molecule has 0 fully saturated rings. The number of ether oxygens (including phenoxy) is 2. The van der Waals surface area contributed by atoms with E-state index in [1.54, 1.807) is 0 Å². The molecule has 0 aliphatic carbocycles. The Morgan fingerprint density at radius 1 is 1.64 bits per heavy atom. The molecule has 0 saturated carbocycles. The molecule has 0 unspecified atom stereocenters. The predicted molar refractivity (Wildman–Crippen MR) is 43.7 cm³/mol. The second-order valence-electron chi connectivity index (χ2n) is 2.55. The van der Waals surface area contributed by atoms with E-state index >= 15 is 0 Å². The van der Waals surface area contributed by atoms with Gasteiger partial charge in [0.05, 0.1) is 13.2 Å². The zero-order chi connectivity index (χ0) is 7.94. The van der Waals surface area contributed by atoms with E-state index in [0.29, 0.717) is 6.08 Å². The van der Waals surface area contributed by atoms with E-state index in [1.165, 1.54) is 0 Å². The van der Waals surface area contributed by atoms with E-state index in [1.807, 2.05) is 0 Å². The number of aliphatic imine (C=N–C) groups is 1. The molecule has 0 bridgehead atoms. The molecule has 1 aliphatic heterocycles. The van der Waals surface area contributed by atoms with Gasteiger partial charge in [0.1, 0.15) is 0 Å². The lowest BCUT2D eigenvalue weighted by molar-refractivity contribution is 0.150. The Morgan fingerprint density at radius 2 is 2.55 bits per heavy atom. The third-order valence-corrected chi connectivity index (χ3v) is 1.49. The van der Waals surface area contributed by atoms with Crippen LogP contribution in [0.5, 0.6) is 0 Å². The molecule has 1 heterocycles. The maximum Gasteiger partial charge on any atom is 0.383 e. The first-order valence-electron chi connectivity index (χ1n) is 4.23. The van der Waals surface area contributed by atoms with Gasteiger partial charge in [-0.15, -0.1) is 0 Å². The van der Waals surface area contributed by atoms with Crippen molar-refractivity contribution in [3.05, 3.63) is 0 Å². The summed E-state index contributed by atoms with van der Waals surface area (Å²) >= 11 is 0. The minimum atomic E-state index is 0.490. The van der Waals surface area contributed by atoms with E-state index in [2.05, 4.69) is 11.9 Å². The molecule has 0 radical (unpaired) electrons. The second-order valence-corrected chi connectivity index (χ2v) is 2.55. The van der Waals surface area contributed by atoms with Crippen LogP contribution in [-0.4, -0.2) is 25.8 Å². The molecular weight excluding hydrogens is 142 g/mol. The molecule has 64 valence electrons. The van der Waals surface area contributed by atoms with Crippen molar-refractivity contribution in [1.82, 2.24) is 0 Å². The lowest BCUT2D eigenvalue weighted by atomic mass is 10.4. The van der Waals surface area contributed by atoms with Gasteiger partial charge in [-0.2, -0.15) is 0 Å². The Labute approximate surface area is 67.4 Å². The third-order valence-electron chi connectivity index (χ3n) is 1.49. The molecule has 0 aromatic rings. The summed E-state index contributed by atoms with van der Waals surface area (Å²) in [5.74, 6) is 0. The van der Waals surface area contributed by atoms with Crippen LogP contribution in [0, 0.1) is 0 Å². The lowest BCUT2D eigenvalue weighted by Gasteiger charge is -2.13. The van der Waals surface area contributed by atoms with Crippen LogP contribution in [0.4, 0.5) is 0 Å². The minimum Gasteiger partial charge on any atom is -0.451 e. The molecule has 0 saturated heterocycles. The van der Waals surface area contributed by atoms with Crippen LogP contribution in [0.25, 0.3) is 0 Å². The maximum atomic E-state index is 5.25. The highest BCUT2D eigenvalue weighted by atomic mass is 16.7. The summed E-state index contributed by atoms with van der Waals surface area (Å²) in [5.41, 5.74) is 0. The SMILES string of the molecule is CCCCOC1=NCCCO1. The van der Waals surface area contributed by atoms with Gasteiger partial charge in [0.15, 0.2) is 0 Å². The summed E-state index contributed by atoms with van der Waals surface area (Å²) in [6, 6.07) is 0. The molecule has 0 amide bonds. The van der Waals surface area contributed by atoms with Crippen molar-refractivity contribution in [3.63, 3.8) is 0 Å². The van der Waals surface area contributed by atoms with Gasteiger partial charge in [-0.1, -0.05) is 13.3 Å². The van der Waals surface area contributed by atoms with Gasteiger partial charge in [-0.05, 0) is 6.42 Å². The first-order valence-corrected chi connectivity index (χ1v) is 4.23. The Kier molecular flexibility index (Phi) is 3.80. The van der Waals surface area contributed by atoms with Gasteiger partial charge >= 0.3 is 6.08 Å². The van der Waals surface area contributed by atoms with Crippen LogP contribution in [-0.2, 0) is 9.47 Å². The van der Waals surface area contributed by atoms with E-state index in [0.717, 1.165) is 39.0 Å². The number of nitrogens with zero attached hydrogens (tertiary/aromatic N) is 1. The van der Waals surface area contributed by atoms with E-state index in [4.69, 9.17) is 9.47 Å². The smallest absolute Gasteiger partial charge is 0.383 e. The van der Waals surface area contributed by atoms with Crippen LogP contribution in [0.1, 0.15) is 26.2 Å². The Bertz CT molecular complexity index is 134. The fourth-order valence-electron chi connectivity index (χ4n) is 0.831. The standard InChI is InChI=1S/C8H15NO2/c1-2-3-6-10-8-9-5-4-7-11-8/h2-7H2,1H3. The quantitative estimate of drug-likeness (QED) is 0.582. The number of hydrogen-bond donors (Lipinski definition) is 0. The molecule has 0 aromatic carbocycles. The van der Waals surface area contributed by atoms with Crippen LogP contribution >= 0.6 is 0 Å². The molecule has 0 N–H and O–H groups in total. The first-order chi connectivity index (χ1) is 5.43. The first kappa shape index (κ1) is 8.37. The summed E-state index contributed by atoms with van der Waals surface area (Å²) in [5, 5.41) is 0. The van der Waals surface area contributed by atoms with Crippen molar-refractivity contribution < 1.29 is 9.47 Å². The fraction of sp³-hybridized carbons (Fsp3) is 0.875. The number of hydrogen-bond acceptors (Lipinski definition) is 3. The van der Waals surface area contributed by atoms with Crippen LogP contribution in [0.2, 0.25) is 0 Å². The van der Waals surface area contributed by atoms with Crippen LogP contribution in [0.3, 0.4) is 0 Å². The van der Waals surface area contributed by atoms with E-state index < -0.39 is 0 Å². The zero-order valence-electron chi connectivity index (χ0n) is 7.01. The maximum absolute atomic E-state index is 5.25. The van der Waals surface area contributed by atoms with Crippen molar-refractivity contribution in [2.45, 2.75) is 26.2 Å². The average molecular weight is 157 g/mol. The van der Waals surface area contributed by atoms with E-state index in [9.17, 15) is 0 Å². The van der Waals surface area contributed by atoms with Gasteiger partial charge in [0.2, 0.25) is 0 Å². The summed E-state index contributed by atoms with van der Waals surface area (Å²) < 4.78 is 10.4. The van der Waals surface area contributed by atoms with Gasteiger partial charge in [-0.3, -0.25) is 0 Å². The van der Waals surface area contributed by atoms with Crippen molar-refractivity contribution in [2.75, 3.05) is 19.8 Å². The number of rotatable bonds is 3. The molecule has 0 spiro atoms. The minimum absolute atomic E-state index is 0.490. The molecule has 1 rings (SSSR count). The van der Waals surface area contributed by atoms with Crippen molar-refractivity contribution in [1.29, 1.82) is 0 Å². The predicted octanol–water partition coefficient (Wildman–Crippen LogP) is 1.58. The monoisotopic (exact) mass is 157 g/mol. The van der Waals surface area contributed by atoms with Gasteiger partial charge < -0.3 is 9.47 Å². The van der Waals surface area contributed by atoms with Gasteiger partial charge in [0.25, 0.3) is 0 Å². The lowest BCUT2D eigenvalue weighted by Crippen LogP contribution is -2.17. The normalized spacial score (nSPS) is 17.0. The third kappa shape index (κ3) is 3.25. The highest BCUT2D eigenvalue weighted by molar-refractivity contribution is 5.67. The molecular formula is C8H15NO2. The number of unbranched alkanes of at least 4 members (excludes halogenated alkanes) is 1. The molecule has 3 heteroatoms. The molecule has 0 aromatic heterocycles. The average Bonchev–Trinajstić information content (AvgIpc) is 2.07. The van der Waals surface area contributed by atoms with Gasteiger partial charge in [-0.25, -0.2) is 4.99 Å². The fourth-order valence-corrected chi connectivity index (χ4v) is 0.831. The van der Waals surface area contributed by atoms with Crippen molar-refractivity contribution in [3.8, 4) is 0 Å². The second kappa shape index (κ2) is 4.99. The molecule has 0 atom stereocenters. The topological polar surface area (TPSA) is 30.8 Å². The van der Waals surface area contributed by atoms with Crippen LogP contribution in [0.15, 0.2) is 4.99 Å². The van der Waals surface area contributed by atoms with E-state index in [-0.39, 0.29) is 0 Å². The van der Waals surface area contributed by atoms with Crippen molar-refractivity contribution >= 4 is 6.08 Å². The summed E-state index contributed by atoms with van der Waals surface area (Å²) in [4.78, 5) is 4.07. The largest absolute Gasteiger partial charge is 0.451 e. The molecule has 1 aliphatic rings.